The molecule has 1 aromatic carbocycles. The van der Waals surface area contributed by atoms with E-state index < -0.39 is 14.9 Å². The normalized spacial score (nSPS) is 22.9. The predicted molar refractivity (Wildman–Crippen MR) is 74.6 cm³/mol. The van der Waals surface area contributed by atoms with Gasteiger partial charge in [0.1, 0.15) is 5.69 Å². The molecule has 0 bridgehead atoms. The number of hydrogen-bond donors (Lipinski definition) is 2. The van der Waals surface area contributed by atoms with Gasteiger partial charge in [-0.3, -0.25) is 10.1 Å². The number of nitrogens with one attached hydrogen (secondary N) is 1. The summed E-state index contributed by atoms with van der Waals surface area (Å²) >= 11 is 0. The average molecular weight is 299 g/mol. The quantitative estimate of drug-likeness (QED) is 0.498. The first-order valence-corrected chi connectivity index (χ1v) is 7.84. The van der Waals surface area contributed by atoms with Crippen molar-refractivity contribution in [3.63, 3.8) is 0 Å². The van der Waals surface area contributed by atoms with Gasteiger partial charge in [-0.2, -0.15) is 0 Å². The van der Waals surface area contributed by atoms with Crippen molar-refractivity contribution in [1.29, 1.82) is 0 Å². The van der Waals surface area contributed by atoms with Gasteiger partial charge >= 0.3 is 0 Å². The molecule has 8 heteroatoms. The Morgan fingerprint density at radius 3 is 2.60 bits per heavy atom. The maximum absolute atomic E-state index is 12.2. The smallest absolute Gasteiger partial charge is 0.292 e. The summed E-state index contributed by atoms with van der Waals surface area (Å²) in [4.78, 5) is 9.98. The topological polar surface area (TPSA) is 115 Å². The molecule has 0 amide bonds. The molecule has 1 aliphatic carbocycles. The van der Waals surface area contributed by atoms with Crippen LogP contribution in [0.1, 0.15) is 26.2 Å². The first kappa shape index (κ1) is 14.7. The van der Waals surface area contributed by atoms with Crippen molar-refractivity contribution in [2.45, 2.75) is 37.1 Å². The van der Waals surface area contributed by atoms with E-state index >= 15 is 0 Å². The Balaban J connectivity index is 2.21. The Labute approximate surface area is 117 Å². The van der Waals surface area contributed by atoms with Crippen molar-refractivity contribution in [3.05, 3.63) is 28.3 Å². The van der Waals surface area contributed by atoms with Gasteiger partial charge in [-0.25, -0.2) is 13.1 Å². The monoisotopic (exact) mass is 299 g/mol. The van der Waals surface area contributed by atoms with Crippen LogP contribution >= 0.6 is 0 Å². The third-order valence-electron chi connectivity index (χ3n) is 3.52. The van der Waals surface area contributed by atoms with Crippen LogP contribution in [0.3, 0.4) is 0 Å². The molecule has 1 aromatic rings. The minimum Gasteiger partial charge on any atom is -0.393 e. The van der Waals surface area contributed by atoms with Crippen LogP contribution in [0.4, 0.5) is 11.4 Å². The standard InChI is InChI=1S/C12H17N3O4S/c1-8-2-3-9(6-8)14-20(18,19)10-4-5-12(15(16)17)11(13)7-10/h4-5,7-9,14H,2-3,6,13H2,1H3. The lowest BCUT2D eigenvalue weighted by molar-refractivity contribution is -0.383. The van der Waals surface area contributed by atoms with Gasteiger partial charge in [-0.15, -0.1) is 0 Å². The summed E-state index contributed by atoms with van der Waals surface area (Å²) in [5.41, 5.74) is 5.07. The number of nitrogens with two attached hydrogens (primary N) is 1. The molecule has 0 saturated heterocycles. The Hall–Kier alpha value is -1.67. The van der Waals surface area contributed by atoms with Crippen LogP contribution in [-0.2, 0) is 10.0 Å². The molecule has 20 heavy (non-hydrogen) atoms. The molecule has 1 aliphatic rings. The van der Waals surface area contributed by atoms with Crippen LogP contribution in [0.15, 0.2) is 23.1 Å². The van der Waals surface area contributed by atoms with E-state index in [1.54, 1.807) is 0 Å². The number of nitro benzene ring substituents is 1. The lowest BCUT2D eigenvalue weighted by Gasteiger charge is -2.13. The van der Waals surface area contributed by atoms with Crippen molar-refractivity contribution >= 4 is 21.4 Å². The summed E-state index contributed by atoms with van der Waals surface area (Å²) in [6.07, 6.45) is 2.61. The van der Waals surface area contributed by atoms with Crippen LogP contribution < -0.4 is 10.5 Å². The van der Waals surface area contributed by atoms with Gasteiger partial charge in [0.05, 0.1) is 9.82 Å². The fraction of sp³-hybridized carbons (Fsp3) is 0.500. The fourth-order valence-electron chi connectivity index (χ4n) is 2.47. The van der Waals surface area contributed by atoms with E-state index in [4.69, 9.17) is 5.73 Å². The molecule has 2 unspecified atom stereocenters. The van der Waals surface area contributed by atoms with Crippen LogP contribution in [0.5, 0.6) is 0 Å². The number of nitrogens with zero attached hydrogens (tertiary/aromatic N) is 1. The molecule has 0 aromatic heterocycles. The molecule has 2 rings (SSSR count). The van der Waals surface area contributed by atoms with Crippen LogP contribution in [0, 0.1) is 16.0 Å². The number of nitro groups is 1. The van der Waals surface area contributed by atoms with E-state index in [0.29, 0.717) is 5.92 Å². The molecular weight excluding hydrogens is 282 g/mol. The third kappa shape index (κ3) is 3.07. The van der Waals surface area contributed by atoms with Gasteiger partial charge in [-0.05, 0) is 37.3 Å². The Bertz CT molecular complexity index is 630. The summed E-state index contributed by atoms with van der Waals surface area (Å²) in [6.45, 7) is 2.08. The second-order valence-corrected chi connectivity index (χ2v) is 6.93. The second-order valence-electron chi connectivity index (χ2n) is 5.21. The summed E-state index contributed by atoms with van der Waals surface area (Å²) in [7, 11) is -3.68. The van der Waals surface area contributed by atoms with Crippen LogP contribution in [-0.4, -0.2) is 19.4 Å². The number of anilines is 1. The molecular formula is C12H17N3O4S. The SMILES string of the molecule is CC1CCC(NS(=O)(=O)c2ccc([N+](=O)[O-])c(N)c2)C1. The van der Waals surface area contributed by atoms with Gasteiger partial charge in [0.25, 0.3) is 5.69 Å². The van der Waals surface area contributed by atoms with Gasteiger partial charge in [0.15, 0.2) is 0 Å². The van der Waals surface area contributed by atoms with E-state index in [0.717, 1.165) is 31.4 Å². The van der Waals surface area contributed by atoms with Crippen LogP contribution in [0.25, 0.3) is 0 Å². The first-order chi connectivity index (χ1) is 9.29. The molecule has 3 N–H and O–H groups in total. The predicted octanol–water partition coefficient (Wildman–Crippen LogP) is 1.64. The average Bonchev–Trinajstić information content (AvgIpc) is 2.73. The highest BCUT2D eigenvalue weighted by atomic mass is 32.2. The van der Waals surface area contributed by atoms with E-state index in [1.165, 1.54) is 6.07 Å². The number of benzene rings is 1. The largest absolute Gasteiger partial charge is 0.393 e. The Morgan fingerprint density at radius 1 is 1.40 bits per heavy atom. The summed E-state index contributed by atoms with van der Waals surface area (Å²) in [6, 6.07) is 3.36. The summed E-state index contributed by atoms with van der Waals surface area (Å²) in [5, 5.41) is 10.7. The van der Waals surface area contributed by atoms with Crippen molar-refractivity contribution in [1.82, 2.24) is 4.72 Å². The van der Waals surface area contributed by atoms with Gasteiger partial charge in [0.2, 0.25) is 10.0 Å². The van der Waals surface area contributed by atoms with Gasteiger partial charge < -0.3 is 5.73 Å². The molecule has 0 radical (unpaired) electrons. The molecule has 7 nitrogen and oxygen atoms in total. The molecule has 0 heterocycles. The number of sulfonamides is 1. The maximum atomic E-state index is 12.2. The maximum Gasteiger partial charge on any atom is 0.292 e. The van der Waals surface area contributed by atoms with Crippen LogP contribution in [0.2, 0.25) is 0 Å². The minimum atomic E-state index is -3.68. The van der Waals surface area contributed by atoms with Crippen molar-refractivity contribution < 1.29 is 13.3 Å². The fourth-order valence-corrected chi connectivity index (χ4v) is 3.79. The van der Waals surface area contributed by atoms with E-state index in [1.807, 2.05) is 0 Å². The lowest BCUT2D eigenvalue weighted by Crippen LogP contribution is -2.33. The third-order valence-corrected chi connectivity index (χ3v) is 5.04. The highest BCUT2D eigenvalue weighted by molar-refractivity contribution is 7.89. The van der Waals surface area contributed by atoms with Crippen molar-refractivity contribution in [2.75, 3.05) is 5.73 Å². The molecule has 0 spiro atoms. The highest BCUT2D eigenvalue weighted by Crippen LogP contribution is 2.28. The second kappa shape index (κ2) is 5.37. The zero-order chi connectivity index (χ0) is 14.9. The Morgan fingerprint density at radius 2 is 2.10 bits per heavy atom. The molecule has 0 aliphatic heterocycles. The van der Waals surface area contributed by atoms with Crippen molar-refractivity contribution in [2.24, 2.45) is 5.92 Å². The summed E-state index contributed by atoms with van der Waals surface area (Å²) < 4.78 is 27.0. The number of hydrogen-bond acceptors (Lipinski definition) is 5. The van der Waals surface area contributed by atoms with Crippen molar-refractivity contribution in [3.8, 4) is 0 Å². The lowest BCUT2D eigenvalue weighted by atomic mass is 10.1. The molecule has 110 valence electrons. The minimum absolute atomic E-state index is 0.0415. The molecule has 2 atom stereocenters. The van der Waals surface area contributed by atoms with E-state index in [2.05, 4.69) is 11.6 Å². The molecule has 1 saturated carbocycles. The van der Waals surface area contributed by atoms with Gasteiger partial charge in [-0.1, -0.05) is 6.92 Å². The molecule has 1 fully saturated rings. The summed E-state index contributed by atoms with van der Waals surface area (Å²) in [5.74, 6) is 0.504. The highest BCUT2D eigenvalue weighted by Gasteiger charge is 2.27. The zero-order valence-corrected chi connectivity index (χ0v) is 11.9. The first-order valence-electron chi connectivity index (χ1n) is 6.36. The van der Waals surface area contributed by atoms with E-state index in [9.17, 15) is 18.5 Å². The zero-order valence-electron chi connectivity index (χ0n) is 11.1. The number of rotatable bonds is 4. The van der Waals surface area contributed by atoms with Gasteiger partial charge in [0, 0.05) is 12.1 Å². The number of nitrogen functional groups attached to an aromatic ring is 1. The van der Waals surface area contributed by atoms with E-state index in [-0.39, 0.29) is 22.3 Å². The Kier molecular flexibility index (Phi) is 3.96.